The lowest BCUT2D eigenvalue weighted by Crippen LogP contribution is -2.37. The zero-order chi connectivity index (χ0) is 24.9. The van der Waals surface area contributed by atoms with Gasteiger partial charge in [0.25, 0.3) is 0 Å². The molecule has 36 heavy (non-hydrogen) atoms. The quantitative estimate of drug-likeness (QED) is 0.388. The fourth-order valence-electron chi connectivity index (χ4n) is 4.77. The highest BCUT2D eigenvalue weighted by atomic mass is 19.4. The summed E-state index contributed by atoms with van der Waals surface area (Å²) in [5.41, 5.74) is 1.22. The lowest BCUT2D eigenvalue weighted by molar-refractivity contribution is -0.139. The molecule has 0 bridgehead atoms. The summed E-state index contributed by atoms with van der Waals surface area (Å²) in [7, 11) is 0. The van der Waals surface area contributed by atoms with E-state index in [1.54, 1.807) is 22.9 Å². The predicted octanol–water partition coefficient (Wildman–Crippen LogP) is 4.45. The van der Waals surface area contributed by atoms with Crippen molar-refractivity contribution < 1.29 is 27.0 Å². The van der Waals surface area contributed by atoms with Crippen LogP contribution in [0.15, 0.2) is 48.9 Å². The Labute approximate surface area is 203 Å². The molecule has 5 heterocycles. The first-order valence-electron chi connectivity index (χ1n) is 11.5. The van der Waals surface area contributed by atoms with Gasteiger partial charge in [-0.3, -0.25) is 4.40 Å². The van der Waals surface area contributed by atoms with E-state index in [9.17, 15) is 13.2 Å². The molecule has 7 nitrogen and oxygen atoms in total. The number of anilines is 1. The van der Waals surface area contributed by atoms with Crippen LogP contribution < -0.4 is 4.90 Å². The standard InChI is InChI=1S/C25H21F4N5O2/c26-19-11-21-32-20-5-8-36-23(16-3-1-2-4-18(16)25(27,28)29)22(20)34(21)14-17(19)15-12-30-24(31-13-15)33-6-9-35-10-7-33/h1-4,11-14,23H,5-10H2. The van der Waals surface area contributed by atoms with Crippen LogP contribution in [0.1, 0.15) is 28.6 Å². The van der Waals surface area contributed by atoms with Gasteiger partial charge in [0.05, 0.1) is 36.8 Å². The van der Waals surface area contributed by atoms with Crippen molar-refractivity contribution >= 4 is 11.6 Å². The number of nitrogens with zero attached hydrogens (tertiary/aromatic N) is 5. The summed E-state index contributed by atoms with van der Waals surface area (Å²) in [5.74, 6) is 0.00139. The second-order valence-electron chi connectivity index (χ2n) is 8.66. The van der Waals surface area contributed by atoms with Crippen molar-refractivity contribution in [3.05, 3.63) is 77.3 Å². The molecular weight excluding hydrogens is 478 g/mol. The second kappa shape index (κ2) is 8.82. The molecule has 11 heteroatoms. The third-order valence-electron chi connectivity index (χ3n) is 6.49. The molecule has 2 aliphatic heterocycles. The molecule has 3 aromatic heterocycles. The van der Waals surface area contributed by atoms with Crippen molar-refractivity contribution in [2.24, 2.45) is 0 Å². The van der Waals surface area contributed by atoms with E-state index in [2.05, 4.69) is 15.0 Å². The Hall–Kier alpha value is -3.57. The SMILES string of the molecule is Fc1cc2nc3c(n2cc1-c1cnc(N2CCOCC2)nc1)C(c1ccccc1C(F)(F)F)OCC3. The molecule has 2 aliphatic rings. The van der Waals surface area contributed by atoms with Gasteiger partial charge in [-0.25, -0.2) is 19.3 Å². The molecule has 186 valence electrons. The number of morpholine rings is 1. The van der Waals surface area contributed by atoms with Crippen LogP contribution in [0, 0.1) is 5.82 Å². The van der Waals surface area contributed by atoms with Crippen LogP contribution in [0.2, 0.25) is 0 Å². The van der Waals surface area contributed by atoms with Gasteiger partial charge in [-0.05, 0) is 11.6 Å². The number of aromatic nitrogens is 4. The lowest BCUT2D eigenvalue weighted by atomic mass is 9.96. The zero-order valence-electron chi connectivity index (χ0n) is 19.0. The summed E-state index contributed by atoms with van der Waals surface area (Å²) in [6.45, 7) is 2.72. The van der Waals surface area contributed by atoms with Gasteiger partial charge >= 0.3 is 6.18 Å². The number of hydrogen-bond acceptors (Lipinski definition) is 6. The number of benzene rings is 1. The smallest absolute Gasteiger partial charge is 0.378 e. The minimum absolute atomic E-state index is 0.00294. The number of pyridine rings is 1. The maximum absolute atomic E-state index is 15.1. The molecule has 1 atom stereocenters. The molecule has 0 spiro atoms. The van der Waals surface area contributed by atoms with E-state index >= 15 is 4.39 Å². The van der Waals surface area contributed by atoms with Gasteiger partial charge in [-0.15, -0.1) is 0 Å². The first kappa shape index (κ1) is 22.9. The second-order valence-corrected chi connectivity index (χ2v) is 8.66. The molecule has 0 radical (unpaired) electrons. The van der Waals surface area contributed by atoms with E-state index in [1.165, 1.54) is 24.4 Å². The fourth-order valence-corrected chi connectivity index (χ4v) is 4.77. The summed E-state index contributed by atoms with van der Waals surface area (Å²) in [5, 5.41) is 0. The van der Waals surface area contributed by atoms with Crippen LogP contribution in [0.25, 0.3) is 16.8 Å². The van der Waals surface area contributed by atoms with Gasteiger partial charge in [0, 0.05) is 55.3 Å². The van der Waals surface area contributed by atoms with Crippen molar-refractivity contribution in [1.29, 1.82) is 0 Å². The van der Waals surface area contributed by atoms with E-state index in [0.29, 0.717) is 61.3 Å². The molecule has 0 N–H and O–H groups in total. The van der Waals surface area contributed by atoms with Gasteiger partial charge < -0.3 is 14.4 Å². The predicted molar refractivity (Wildman–Crippen MR) is 122 cm³/mol. The number of rotatable bonds is 3. The Morgan fingerprint density at radius 3 is 2.50 bits per heavy atom. The molecule has 0 saturated carbocycles. The highest BCUT2D eigenvalue weighted by molar-refractivity contribution is 5.65. The molecule has 1 fully saturated rings. The van der Waals surface area contributed by atoms with Crippen molar-refractivity contribution in [1.82, 2.24) is 19.4 Å². The number of fused-ring (bicyclic) bond motifs is 3. The van der Waals surface area contributed by atoms with Crippen LogP contribution in [0.5, 0.6) is 0 Å². The molecule has 0 aliphatic carbocycles. The molecule has 6 rings (SSSR count). The summed E-state index contributed by atoms with van der Waals surface area (Å²) in [6, 6.07) is 6.61. The normalized spacial score (nSPS) is 18.4. The number of hydrogen-bond donors (Lipinski definition) is 0. The Bertz CT molecular complexity index is 1410. The average molecular weight is 499 g/mol. The third kappa shape index (κ3) is 3.97. The van der Waals surface area contributed by atoms with E-state index in [1.807, 2.05) is 4.90 Å². The molecule has 1 aromatic carbocycles. The van der Waals surface area contributed by atoms with Crippen molar-refractivity contribution in [2.45, 2.75) is 18.7 Å². The van der Waals surface area contributed by atoms with Crippen LogP contribution in [-0.2, 0) is 22.1 Å². The first-order chi connectivity index (χ1) is 17.4. The minimum atomic E-state index is -4.55. The molecule has 1 saturated heterocycles. The van der Waals surface area contributed by atoms with Gasteiger partial charge in [-0.2, -0.15) is 13.2 Å². The van der Waals surface area contributed by atoms with Gasteiger partial charge in [0.15, 0.2) is 0 Å². The van der Waals surface area contributed by atoms with Crippen LogP contribution >= 0.6 is 0 Å². The monoisotopic (exact) mass is 499 g/mol. The number of imidazole rings is 1. The number of ether oxygens (including phenoxy) is 2. The van der Waals surface area contributed by atoms with Gasteiger partial charge in [0.2, 0.25) is 5.95 Å². The van der Waals surface area contributed by atoms with E-state index in [-0.39, 0.29) is 17.7 Å². The lowest BCUT2D eigenvalue weighted by Gasteiger charge is -2.26. The summed E-state index contributed by atoms with van der Waals surface area (Å²) >= 11 is 0. The van der Waals surface area contributed by atoms with E-state index in [4.69, 9.17) is 9.47 Å². The fraction of sp³-hybridized carbons (Fsp3) is 0.320. The zero-order valence-corrected chi connectivity index (χ0v) is 19.0. The Morgan fingerprint density at radius 2 is 1.75 bits per heavy atom. The Balaban J connectivity index is 1.44. The third-order valence-corrected chi connectivity index (χ3v) is 6.49. The topological polar surface area (TPSA) is 64.8 Å². The van der Waals surface area contributed by atoms with Gasteiger partial charge in [-0.1, -0.05) is 18.2 Å². The van der Waals surface area contributed by atoms with Crippen molar-refractivity contribution in [3.63, 3.8) is 0 Å². The van der Waals surface area contributed by atoms with Crippen LogP contribution in [0.3, 0.4) is 0 Å². The Kier molecular flexibility index (Phi) is 5.60. The van der Waals surface area contributed by atoms with Crippen molar-refractivity contribution in [2.75, 3.05) is 37.8 Å². The number of halogens is 4. The first-order valence-corrected chi connectivity index (χ1v) is 11.5. The average Bonchev–Trinajstić information content (AvgIpc) is 3.25. The maximum atomic E-state index is 15.1. The maximum Gasteiger partial charge on any atom is 0.416 e. The Morgan fingerprint density at radius 1 is 1.00 bits per heavy atom. The highest BCUT2D eigenvalue weighted by Gasteiger charge is 2.38. The van der Waals surface area contributed by atoms with Crippen molar-refractivity contribution in [3.8, 4) is 11.1 Å². The van der Waals surface area contributed by atoms with Crippen LogP contribution in [0.4, 0.5) is 23.5 Å². The minimum Gasteiger partial charge on any atom is -0.378 e. The van der Waals surface area contributed by atoms with E-state index in [0.717, 1.165) is 6.07 Å². The summed E-state index contributed by atoms with van der Waals surface area (Å²) in [4.78, 5) is 15.3. The molecule has 0 amide bonds. The summed E-state index contributed by atoms with van der Waals surface area (Å²) < 4.78 is 69.3. The summed E-state index contributed by atoms with van der Waals surface area (Å²) in [6.07, 6.45) is -0.525. The highest BCUT2D eigenvalue weighted by Crippen LogP contribution is 2.41. The largest absolute Gasteiger partial charge is 0.416 e. The molecule has 4 aromatic rings. The molecule has 1 unspecified atom stereocenters. The van der Waals surface area contributed by atoms with E-state index < -0.39 is 23.7 Å². The molecular formula is C25H21F4N5O2. The van der Waals surface area contributed by atoms with Gasteiger partial charge in [0.1, 0.15) is 17.6 Å². The van der Waals surface area contributed by atoms with Crippen LogP contribution in [-0.4, -0.2) is 52.3 Å². The number of alkyl halides is 3.